The lowest BCUT2D eigenvalue weighted by Crippen LogP contribution is -2.48. The molecule has 9 rings (SSSR count). The van der Waals surface area contributed by atoms with Gasteiger partial charge in [-0.3, -0.25) is 28.8 Å². The first-order valence-corrected chi connectivity index (χ1v) is 19.2. The van der Waals surface area contributed by atoms with Crippen LogP contribution < -0.4 is 9.80 Å². The predicted octanol–water partition coefficient (Wildman–Crippen LogP) is 7.97. The molecule has 6 atom stereocenters. The number of halogens is 1. The van der Waals surface area contributed by atoms with Crippen molar-refractivity contribution in [3.8, 4) is 16.3 Å². The van der Waals surface area contributed by atoms with Crippen molar-refractivity contribution in [3.05, 3.63) is 106 Å². The van der Waals surface area contributed by atoms with Crippen molar-refractivity contribution in [2.75, 3.05) is 9.80 Å². The smallest absolute Gasteiger partial charge is 0.242 e. The van der Waals surface area contributed by atoms with Gasteiger partial charge in [0.15, 0.2) is 0 Å². The van der Waals surface area contributed by atoms with Gasteiger partial charge in [-0.05, 0) is 104 Å². The van der Waals surface area contributed by atoms with Gasteiger partial charge in [0.1, 0.15) is 17.3 Å². The third-order valence-electron chi connectivity index (χ3n) is 12.3. The Bertz CT molecular complexity index is 2450. The van der Waals surface area contributed by atoms with Gasteiger partial charge in [-0.15, -0.1) is 11.3 Å². The number of hydrogen-bond acceptors (Lipinski definition) is 7. The maximum Gasteiger partial charge on any atom is 0.242 e. The van der Waals surface area contributed by atoms with Gasteiger partial charge in [0, 0.05) is 28.8 Å². The number of aromatic hydroxyl groups is 1. The molecule has 5 aromatic rings. The van der Waals surface area contributed by atoms with E-state index >= 15 is 4.79 Å². The van der Waals surface area contributed by atoms with Crippen LogP contribution in [0.5, 0.6) is 5.75 Å². The first kappa shape index (κ1) is 33.8. The average molecular weight is 745 g/mol. The topological polar surface area (TPSA) is 113 Å². The molecule has 3 fully saturated rings. The van der Waals surface area contributed by atoms with Gasteiger partial charge in [-0.2, -0.15) is 5.10 Å². The van der Waals surface area contributed by atoms with E-state index in [1.807, 2.05) is 68.5 Å². The number of aryl methyl sites for hydroxylation is 3. The summed E-state index contributed by atoms with van der Waals surface area (Å²) in [5.74, 6) is -3.95. The lowest BCUT2D eigenvalue weighted by molar-refractivity contribution is -0.131. The number of phenolic OH excluding ortho intramolecular Hbond substituents is 1. The summed E-state index contributed by atoms with van der Waals surface area (Å²) >= 11 is 7.89. The molecule has 4 aliphatic rings. The molecule has 0 radical (unpaired) electrons. The molecule has 11 heteroatoms. The summed E-state index contributed by atoms with van der Waals surface area (Å²) in [5.41, 5.74) is 3.61. The van der Waals surface area contributed by atoms with Crippen LogP contribution in [0.15, 0.2) is 84.4 Å². The number of benzene rings is 3. The van der Waals surface area contributed by atoms with E-state index in [9.17, 15) is 19.5 Å². The quantitative estimate of drug-likeness (QED) is 0.144. The van der Waals surface area contributed by atoms with Crippen LogP contribution in [0.4, 0.5) is 11.5 Å². The van der Waals surface area contributed by atoms with Crippen LogP contribution in [0.1, 0.15) is 49.3 Å². The average Bonchev–Trinajstić information content (AvgIpc) is 3.81. The number of aromatic nitrogens is 2. The third kappa shape index (κ3) is 4.77. The molecule has 0 unspecified atom stereocenters. The maximum atomic E-state index is 15.0. The van der Waals surface area contributed by atoms with E-state index in [2.05, 4.69) is 6.92 Å². The summed E-state index contributed by atoms with van der Waals surface area (Å²) in [6.07, 6.45) is 3.44. The summed E-state index contributed by atoms with van der Waals surface area (Å²) in [4.78, 5) is 61.7. The molecule has 268 valence electrons. The van der Waals surface area contributed by atoms with E-state index in [-0.39, 0.29) is 35.8 Å². The summed E-state index contributed by atoms with van der Waals surface area (Å²) in [5, 5.41) is 17.1. The molecular weight excluding hydrogens is 708 g/mol. The number of nitrogens with zero attached hydrogens (tertiary/aromatic N) is 4. The van der Waals surface area contributed by atoms with Crippen molar-refractivity contribution < 1.29 is 24.3 Å². The Morgan fingerprint density at radius 1 is 0.943 bits per heavy atom. The fourth-order valence-corrected chi connectivity index (χ4v) is 11.0. The molecule has 0 spiro atoms. The Balaban J connectivity index is 1.14. The van der Waals surface area contributed by atoms with Gasteiger partial charge < -0.3 is 5.11 Å². The Hall–Kier alpha value is -5.06. The number of thiophene rings is 1. The van der Waals surface area contributed by atoms with Gasteiger partial charge in [0.2, 0.25) is 23.6 Å². The highest BCUT2D eigenvalue weighted by Gasteiger charge is 2.68. The molecule has 3 aromatic carbocycles. The van der Waals surface area contributed by atoms with Crippen molar-refractivity contribution >= 4 is 68.2 Å². The van der Waals surface area contributed by atoms with Crippen molar-refractivity contribution in [1.29, 1.82) is 0 Å². The summed E-state index contributed by atoms with van der Waals surface area (Å²) < 4.78 is 2.63. The molecular formula is C42H37ClN4O5S. The number of carbonyl (C=O) groups excluding carboxylic acids is 4. The fraction of sp³-hybridized carbons (Fsp3) is 0.310. The molecule has 2 saturated heterocycles. The van der Waals surface area contributed by atoms with E-state index in [1.165, 1.54) is 9.80 Å². The number of rotatable bonds is 5. The number of hydrogen-bond donors (Lipinski definition) is 1. The molecule has 9 nitrogen and oxygen atoms in total. The number of fused-ring (bicyclic) bond motifs is 5. The molecule has 1 saturated carbocycles. The minimum Gasteiger partial charge on any atom is -0.508 e. The van der Waals surface area contributed by atoms with Gasteiger partial charge in [-0.25, -0.2) is 4.90 Å². The van der Waals surface area contributed by atoms with Crippen LogP contribution in [-0.2, 0) is 32.6 Å². The lowest BCUT2D eigenvalue weighted by atomic mass is 9.51. The minimum atomic E-state index is -1.24. The van der Waals surface area contributed by atoms with Gasteiger partial charge in [-0.1, -0.05) is 54.4 Å². The predicted molar refractivity (Wildman–Crippen MR) is 205 cm³/mol. The first-order chi connectivity index (χ1) is 25.4. The standard InChI is InChI=1S/C42H37ClN4O5S/c1-5-22-9-12-25(13-10-22)46-38(49)28-15-14-27-30(35(28)40(46)51)19-31-39(50)47(41(52)42(31,3)36(27)23-7-6-8-26(48)17-23)34-20-32(44-45(34)4)37-21(2)29-18-24(43)11-16-33(29)53-37/h6-14,16-18,20,28,30-31,35-36,48H,5,15,19H2,1-4H3/t28-,30+,31-,35-,36-,42+/m0/s1. The van der Waals surface area contributed by atoms with Crippen molar-refractivity contribution in [1.82, 2.24) is 9.78 Å². The van der Waals surface area contributed by atoms with Crippen molar-refractivity contribution in [3.63, 3.8) is 0 Å². The number of allylic oxidation sites excluding steroid dienone is 2. The monoisotopic (exact) mass is 744 g/mol. The lowest BCUT2D eigenvalue weighted by Gasteiger charge is -2.49. The number of anilines is 2. The van der Waals surface area contributed by atoms with E-state index in [4.69, 9.17) is 16.7 Å². The van der Waals surface area contributed by atoms with Crippen LogP contribution >= 0.6 is 22.9 Å². The van der Waals surface area contributed by atoms with Crippen LogP contribution in [0.2, 0.25) is 5.02 Å². The molecule has 53 heavy (non-hydrogen) atoms. The zero-order valence-electron chi connectivity index (χ0n) is 29.7. The fourth-order valence-electron chi connectivity index (χ4n) is 9.67. The van der Waals surface area contributed by atoms with Crippen LogP contribution in [0, 0.1) is 36.0 Å². The maximum absolute atomic E-state index is 15.0. The molecule has 2 aromatic heterocycles. The molecule has 2 aliphatic heterocycles. The van der Waals surface area contributed by atoms with Gasteiger partial charge >= 0.3 is 0 Å². The third-order valence-corrected chi connectivity index (χ3v) is 13.8. The summed E-state index contributed by atoms with van der Waals surface area (Å²) in [6, 6.07) is 21.9. The first-order valence-electron chi connectivity index (χ1n) is 18.0. The van der Waals surface area contributed by atoms with Crippen LogP contribution in [-0.4, -0.2) is 38.5 Å². The number of carbonyl (C=O) groups is 4. The van der Waals surface area contributed by atoms with Gasteiger partial charge in [0.25, 0.3) is 0 Å². The highest BCUT2D eigenvalue weighted by atomic mass is 35.5. The number of amides is 4. The minimum absolute atomic E-state index is 0.0396. The highest BCUT2D eigenvalue weighted by molar-refractivity contribution is 7.22. The largest absolute Gasteiger partial charge is 0.508 e. The zero-order chi connectivity index (χ0) is 37.1. The van der Waals surface area contributed by atoms with Crippen molar-refractivity contribution in [2.24, 2.45) is 36.1 Å². The number of phenols is 1. The molecule has 0 bridgehead atoms. The Morgan fingerprint density at radius 2 is 1.72 bits per heavy atom. The molecule has 4 heterocycles. The molecule has 2 aliphatic carbocycles. The van der Waals surface area contributed by atoms with Crippen LogP contribution in [0.25, 0.3) is 20.7 Å². The van der Waals surface area contributed by atoms with E-state index in [1.54, 1.807) is 47.3 Å². The van der Waals surface area contributed by atoms with Crippen LogP contribution in [0.3, 0.4) is 0 Å². The van der Waals surface area contributed by atoms with Crippen molar-refractivity contribution in [2.45, 2.75) is 46.0 Å². The van der Waals surface area contributed by atoms with E-state index in [0.717, 1.165) is 38.1 Å². The summed E-state index contributed by atoms with van der Waals surface area (Å²) in [7, 11) is 1.73. The Morgan fingerprint density at radius 3 is 2.45 bits per heavy atom. The van der Waals surface area contributed by atoms with Gasteiger partial charge in [0.05, 0.1) is 33.7 Å². The Kier molecular flexibility index (Phi) is 7.63. The molecule has 4 amide bonds. The second kappa shape index (κ2) is 12.0. The van der Waals surface area contributed by atoms with E-state index < -0.39 is 35.0 Å². The normalized spacial score (nSPS) is 26.7. The second-order valence-electron chi connectivity index (χ2n) is 15.0. The van der Waals surface area contributed by atoms with E-state index in [0.29, 0.717) is 34.2 Å². The highest BCUT2D eigenvalue weighted by Crippen LogP contribution is 2.64. The number of imide groups is 2. The Labute approximate surface area is 315 Å². The second-order valence-corrected chi connectivity index (χ2v) is 16.5. The molecule has 1 N–H and O–H groups in total. The zero-order valence-corrected chi connectivity index (χ0v) is 31.2. The SMILES string of the molecule is CCc1ccc(N2C(=O)[C@H]3[C@H](CC=C4[C@H]3C[C@H]3C(=O)N(c5cc(-c6sc7ccc(Cl)cc7c6C)nn5C)C(=O)[C@@]3(C)[C@H]4c3cccc(O)c3)C2=O)cc1. The summed E-state index contributed by atoms with van der Waals surface area (Å²) in [6.45, 7) is 5.91.